The van der Waals surface area contributed by atoms with Crippen molar-refractivity contribution in [1.29, 1.82) is 0 Å². The third kappa shape index (κ3) is 3.24. The predicted molar refractivity (Wildman–Crippen MR) is 82.5 cm³/mol. The van der Waals surface area contributed by atoms with Gasteiger partial charge in [0.1, 0.15) is 11.3 Å². The van der Waals surface area contributed by atoms with Crippen molar-refractivity contribution in [3.63, 3.8) is 0 Å². The van der Waals surface area contributed by atoms with Gasteiger partial charge >= 0.3 is 6.03 Å². The molecule has 7 heteroatoms. The van der Waals surface area contributed by atoms with E-state index < -0.39 is 5.54 Å². The van der Waals surface area contributed by atoms with Crippen molar-refractivity contribution in [2.75, 3.05) is 25.1 Å². The average molecular weight is 309 g/mol. The Balaban J connectivity index is 1.96. The van der Waals surface area contributed by atoms with E-state index in [2.05, 4.69) is 5.32 Å². The number of nitrogens with one attached hydrogen (secondary N) is 1. The second-order valence-corrected chi connectivity index (χ2v) is 6.40. The molecule has 6 nitrogen and oxygen atoms in total. The number of carbonyl (C=O) groups is 2. The minimum atomic E-state index is -0.823. The van der Waals surface area contributed by atoms with E-state index in [0.717, 1.165) is 10.6 Å². The molecule has 1 fully saturated rings. The monoisotopic (exact) mass is 309 g/mol. The molecule has 1 heterocycles. The van der Waals surface area contributed by atoms with Crippen molar-refractivity contribution in [3.05, 3.63) is 18.2 Å². The lowest BCUT2D eigenvalue weighted by Crippen LogP contribution is -2.40. The van der Waals surface area contributed by atoms with E-state index in [9.17, 15) is 9.59 Å². The third-order valence-corrected chi connectivity index (χ3v) is 4.29. The fourth-order valence-corrected chi connectivity index (χ4v) is 2.96. The van der Waals surface area contributed by atoms with Crippen LogP contribution in [0.5, 0.6) is 5.75 Å². The fraction of sp³-hybridized carbons (Fsp3) is 0.429. The zero-order chi connectivity index (χ0) is 15.6. The first-order chi connectivity index (χ1) is 9.85. The maximum atomic E-state index is 12.0. The van der Waals surface area contributed by atoms with Gasteiger partial charge in [0.25, 0.3) is 5.91 Å². The molecule has 1 saturated heterocycles. The Morgan fingerprint density at radius 3 is 2.67 bits per heavy atom. The van der Waals surface area contributed by atoms with E-state index in [1.54, 1.807) is 33.1 Å². The number of methoxy groups -OCH3 is 1. The molecule has 0 bridgehead atoms. The van der Waals surface area contributed by atoms with Crippen molar-refractivity contribution in [1.82, 2.24) is 10.2 Å². The molecule has 3 amide bonds. The molecule has 0 spiro atoms. The normalized spacial score (nSPS) is 17.0. The number of amides is 3. The van der Waals surface area contributed by atoms with E-state index in [1.165, 1.54) is 16.7 Å². The van der Waals surface area contributed by atoms with Crippen LogP contribution in [0, 0.1) is 0 Å². The number of nitrogens with zero attached hydrogens (tertiary/aromatic N) is 1. The first-order valence-electron chi connectivity index (χ1n) is 6.55. The molecule has 0 saturated carbocycles. The van der Waals surface area contributed by atoms with E-state index in [4.69, 9.17) is 10.5 Å². The number of urea groups is 1. The zero-order valence-corrected chi connectivity index (χ0v) is 13.1. The average Bonchev–Trinajstić information content (AvgIpc) is 2.62. The number of anilines is 1. The van der Waals surface area contributed by atoms with Gasteiger partial charge in [0.2, 0.25) is 0 Å². The Kier molecular flexibility index (Phi) is 4.32. The number of carbonyl (C=O) groups excluding carboxylic acids is 2. The van der Waals surface area contributed by atoms with Crippen LogP contribution in [0.4, 0.5) is 10.5 Å². The van der Waals surface area contributed by atoms with Crippen molar-refractivity contribution in [2.24, 2.45) is 0 Å². The largest absolute Gasteiger partial charge is 0.497 e. The van der Waals surface area contributed by atoms with Crippen LogP contribution < -0.4 is 15.8 Å². The van der Waals surface area contributed by atoms with Crippen molar-refractivity contribution in [2.45, 2.75) is 24.3 Å². The molecule has 1 aromatic rings. The van der Waals surface area contributed by atoms with Gasteiger partial charge in [0.15, 0.2) is 0 Å². The Morgan fingerprint density at radius 2 is 2.10 bits per heavy atom. The molecule has 114 valence electrons. The highest BCUT2D eigenvalue weighted by Crippen LogP contribution is 2.29. The molecule has 1 aliphatic heterocycles. The molecule has 1 aliphatic rings. The van der Waals surface area contributed by atoms with Gasteiger partial charge in [-0.3, -0.25) is 9.69 Å². The first-order valence-corrected chi connectivity index (χ1v) is 7.54. The molecule has 0 atom stereocenters. The lowest BCUT2D eigenvalue weighted by molar-refractivity contribution is -0.130. The van der Waals surface area contributed by atoms with Gasteiger partial charge in [-0.25, -0.2) is 4.79 Å². The molecular weight excluding hydrogens is 290 g/mol. The summed E-state index contributed by atoms with van der Waals surface area (Å²) < 4.78 is 5.15. The summed E-state index contributed by atoms with van der Waals surface area (Å²) in [6, 6.07) is 5.07. The highest BCUT2D eigenvalue weighted by Gasteiger charge is 2.43. The highest BCUT2D eigenvalue weighted by atomic mass is 32.2. The number of rotatable bonds is 5. The van der Waals surface area contributed by atoms with Crippen molar-refractivity contribution < 1.29 is 14.3 Å². The number of nitrogen functional groups attached to an aromatic ring is 1. The van der Waals surface area contributed by atoms with E-state index >= 15 is 0 Å². The molecule has 21 heavy (non-hydrogen) atoms. The predicted octanol–water partition coefficient (Wildman–Crippen LogP) is 1.70. The molecule has 2 rings (SSSR count). The number of benzene rings is 1. The van der Waals surface area contributed by atoms with Crippen LogP contribution in [0.2, 0.25) is 0 Å². The van der Waals surface area contributed by atoms with Crippen LogP contribution in [0.1, 0.15) is 13.8 Å². The van der Waals surface area contributed by atoms with Gasteiger partial charge in [0, 0.05) is 22.9 Å². The third-order valence-electron chi connectivity index (χ3n) is 3.24. The summed E-state index contributed by atoms with van der Waals surface area (Å²) >= 11 is 1.49. The van der Waals surface area contributed by atoms with Crippen LogP contribution in [-0.4, -0.2) is 41.8 Å². The van der Waals surface area contributed by atoms with Gasteiger partial charge < -0.3 is 15.8 Å². The summed E-state index contributed by atoms with van der Waals surface area (Å²) in [6.07, 6.45) is 0. The number of ether oxygens (including phenoxy) is 1. The number of imide groups is 1. The lowest BCUT2D eigenvalue weighted by Gasteiger charge is -2.16. The molecule has 0 aromatic heterocycles. The summed E-state index contributed by atoms with van der Waals surface area (Å²) in [5.74, 6) is 1.10. The molecule has 0 unspecified atom stereocenters. The van der Waals surface area contributed by atoms with Gasteiger partial charge in [-0.1, -0.05) is 0 Å². The number of thioether (sulfide) groups is 1. The quantitative estimate of drug-likeness (QED) is 0.491. The van der Waals surface area contributed by atoms with Crippen molar-refractivity contribution >= 4 is 29.4 Å². The van der Waals surface area contributed by atoms with Gasteiger partial charge in [-0.15, -0.1) is 11.8 Å². The molecule has 0 radical (unpaired) electrons. The summed E-state index contributed by atoms with van der Waals surface area (Å²) in [6.45, 7) is 3.73. The van der Waals surface area contributed by atoms with Crippen LogP contribution in [0.15, 0.2) is 23.1 Å². The summed E-state index contributed by atoms with van der Waals surface area (Å²) in [5, 5.41) is 2.65. The van der Waals surface area contributed by atoms with Gasteiger partial charge in [-0.2, -0.15) is 0 Å². The van der Waals surface area contributed by atoms with Crippen LogP contribution >= 0.6 is 11.8 Å². The zero-order valence-electron chi connectivity index (χ0n) is 12.3. The molecule has 0 aliphatic carbocycles. The summed E-state index contributed by atoms with van der Waals surface area (Å²) in [5.41, 5.74) is 5.73. The second kappa shape index (κ2) is 5.85. The molecular formula is C14H19N3O3S. The Bertz CT molecular complexity index is 575. The molecule has 1 aromatic carbocycles. The van der Waals surface area contributed by atoms with E-state index in [0.29, 0.717) is 18.0 Å². The van der Waals surface area contributed by atoms with Crippen LogP contribution in [-0.2, 0) is 4.79 Å². The maximum absolute atomic E-state index is 12.0. The Morgan fingerprint density at radius 1 is 1.38 bits per heavy atom. The molecule has 3 N–H and O–H groups in total. The minimum absolute atomic E-state index is 0.202. The smallest absolute Gasteiger partial charge is 0.325 e. The van der Waals surface area contributed by atoms with E-state index in [1.807, 2.05) is 6.07 Å². The SMILES string of the molecule is COc1ccc(N)c(SCCN2C(=O)NC(C)(C)C2=O)c1. The van der Waals surface area contributed by atoms with Gasteiger partial charge in [-0.05, 0) is 32.0 Å². The lowest BCUT2D eigenvalue weighted by atomic mass is 10.1. The van der Waals surface area contributed by atoms with Crippen LogP contribution in [0.3, 0.4) is 0 Å². The fourth-order valence-electron chi connectivity index (χ4n) is 2.03. The summed E-state index contributed by atoms with van der Waals surface area (Å²) in [4.78, 5) is 25.9. The first kappa shape index (κ1) is 15.5. The number of hydrogen-bond acceptors (Lipinski definition) is 5. The number of nitrogens with two attached hydrogens (primary N) is 1. The standard InChI is InChI=1S/C14H19N3O3S/c1-14(2)12(18)17(13(19)16-14)6-7-21-11-8-9(20-3)4-5-10(11)15/h4-5,8H,6-7,15H2,1-3H3,(H,16,19). The van der Waals surface area contributed by atoms with Crippen LogP contribution in [0.25, 0.3) is 0 Å². The highest BCUT2D eigenvalue weighted by molar-refractivity contribution is 7.99. The number of hydrogen-bond donors (Lipinski definition) is 2. The van der Waals surface area contributed by atoms with Crippen molar-refractivity contribution in [3.8, 4) is 5.75 Å². The topological polar surface area (TPSA) is 84.7 Å². The van der Waals surface area contributed by atoms with E-state index in [-0.39, 0.29) is 11.9 Å². The van der Waals surface area contributed by atoms with Gasteiger partial charge in [0.05, 0.1) is 7.11 Å². The minimum Gasteiger partial charge on any atom is -0.497 e. The Hall–Kier alpha value is -1.89. The summed E-state index contributed by atoms with van der Waals surface area (Å²) in [7, 11) is 1.59. The maximum Gasteiger partial charge on any atom is 0.325 e. The second-order valence-electron chi connectivity index (χ2n) is 5.26. The Labute approximate surface area is 128 Å².